The highest BCUT2D eigenvalue weighted by atomic mass is 19.1. The predicted octanol–water partition coefficient (Wildman–Crippen LogP) is 5.80. The number of aromatic nitrogens is 1. The Balaban J connectivity index is 1.51. The van der Waals surface area contributed by atoms with Crippen molar-refractivity contribution in [1.82, 2.24) is 15.6 Å². The smallest absolute Gasteiger partial charge is 0.273 e. The first-order valence-electron chi connectivity index (χ1n) is 13.5. The van der Waals surface area contributed by atoms with Gasteiger partial charge in [0.25, 0.3) is 5.91 Å². The Morgan fingerprint density at radius 1 is 0.951 bits per heavy atom. The summed E-state index contributed by atoms with van der Waals surface area (Å²) in [5.41, 5.74) is 2.09. The molecule has 2 aromatic carbocycles. The van der Waals surface area contributed by atoms with E-state index >= 15 is 0 Å². The molecule has 8 nitrogen and oxygen atoms in total. The maximum Gasteiger partial charge on any atom is 0.273 e. The summed E-state index contributed by atoms with van der Waals surface area (Å²) in [6, 6.07) is 5.95. The molecule has 2 amide bonds. The normalized spacial score (nSPS) is 11.8. The molecule has 0 radical (unpaired) electrons. The van der Waals surface area contributed by atoms with Crippen molar-refractivity contribution in [1.29, 1.82) is 0 Å². The topological polar surface area (TPSA) is 114 Å². The van der Waals surface area contributed by atoms with Gasteiger partial charge in [-0.25, -0.2) is 13.8 Å². The van der Waals surface area contributed by atoms with Crippen molar-refractivity contribution in [3.05, 3.63) is 64.7 Å². The molecular weight excluding hydrogens is 532 g/mol. The van der Waals surface area contributed by atoms with Crippen molar-refractivity contribution in [2.45, 2.75) is 71.6 Å². The number of carbonyl (C=O) groups excluding carboxylic acids is 2. The van der Waals surface area contributed by atoms with Gasteiger partial charge < -0.3 is 24.9 Å². The summed E-state index contributed by atoms with van der Waals surface area (Å²) >= 11 is 0. The van der Waals surface area contributed by atoms with E-state index in [1.54, 1.807) is 0 Å². The van der Waals surface area contributed by atoms with Crippen LogP contribution in [-0.2, 0) is 22.0 Å². The molecule has 0 aliphatic carbocycles. The monoisotopic (exact) mass is 571 g/mol. The van der Waals surface area contributed by atoms with E-state index < -0.39 is 23.3 Å². The van der Waals surface area contributed by atoms with E-state index in [4.69, 9.17) is 4.42 Å². The number of nitrogens with zero attached hydrogens (tertiary/aromatic N) is 1. The zero-order chi connectivity index (χ0) is 30.5. The molecule has 0 unspecified atom stereocenters. The standard InChI is InChI=1S/C31H39F2N3O5/c1-30(2,3)20-13-18(14-21(26(20)38)31(4,5)6)9-10-24(37)34-11-8-12-35-29(39)25-27(41-17-36-25)19-15-22(32)28(40-7)23(33)16-19/h13-17,38H,8-12H2,1-7H3,(H,34,37)(H,35,39). The van der Waals surface area contributed by atoms with Crippen LogP contribution < -0.4 is 15.4 Å². The molecule has 3 aromatic rings. The first kappa shape index (κ1) is 31.6. The second-order valence-corrected chi connectivity index (χ2v) is 12.0. The third-order valence-electron chi connectivity index (χ3n) is 6.63. The third-order valence-corrected chi connectivity index (χ3v) is 6.63. The summed E-state index contributed by atoms with van der Waals surface area (Å²) in [5, 5.41) is 16.4. The van der Waals surface area contributed by atoms with Crippen LogP contribution in [0.1, 0.15) is 81.6 Å². The Morgan fingerprint density at radius 2 is 1.51 bits per heavy atom. The number of aryl methyl sites for hydroxylation is 1. The quantitative estimate of drug-likeness (QED) is 0.265. The number of benzene rings is 2. The van der Waals surface area contributed by atoms with Crippen LogP contribution in [0.4, 0.5) is 8.78 Å². The van der Waals surface area contributed by atoms with Gasteiger partial charge >= 0.3 is 0 Å². The highest BCUT2D eigenvalue weighted by molar-refractivity contribution is 5.97. The Morgan fingerprint density at radius 3 is 2.05 bits per heavy atom. The summed E-state index contributed by atoms with van der Waals surface area (Å²) in [7, 11) is 1.15. The van der Waals surface area contributed by atoms with Crippen molar-refractivity contribution in [2.75, 3.05) is 20.2 Å². The molecule has 1 heterocycles. The lowest BCUT2D eigenvalue weighted by Gasteiger charge is -2.28. The second-order valence-electron chi connectivity index (χ2n) is 12.0. The van der Waals surface area contributed by atoms with E-state index in [0.717, 1.165) is 42.3 Å². The first-order chi connectivity index (χ1) is 19.1. The number of phenols is 1. The Hall–Kier alpha value is -3.95. The molecule has 0 bridgehead atoms. The molecular formula is C31H39F2N3O5. The average molecular weight is 572 g/mol. The molecule has 0 fully saturated rings. The number of phenolic OH excluding ortho intramolecular Hbond substituents is 1. The number of carbonyl (C=O) groups is 2. The summed E-state index contributed by atoms with van der Waals surface area (Å²) in [5.74, 6) is -2.87. The highest BCUT2D eigenvalue weighted by Crippen LogP contribution is 2.40. The van der Waals surface area contributed by atoms with Crippen molar-refractivity contribution < 1.29 is 32.6 Å². The fraction of sp³-hybridized carbons (Fsp3) is 0.452. The minimum atomic E-state index is -0.935. The van der Waals surface area contributed by atoms with E-state index in [0.29, 0.717) is 25.1 Å². The molecule has 0 aliphatic heterocycles. The number of oxazole rings is 1. The van der Waals surface area contributed by atoms with E-state index in [1.807, 2.05) is 53.7 Å². The number of hydrogen-bond donors (Lipinski definition) is 3. The minimum Gasteiger partial charge on any atom is -0.507 e. The molecule has 10 heteroatoms. The zero-order valence-electron chi connectivity index (χ0n) is 24.7. The van der Waals surface area contributed by atoms with Crippen LogP contribution in [-0.4, -0.2) is 42.1 Å². The molecule has 0 spiro atoms. The number of rotatable bonds is 10. The molecule has 0 aliphatic rings. The van der Waals surface area contributed by atoms with Gasteiger partial charge in [0.15, 0.2) is 35.2 Å². The molecule has 0 saturated heterocycles. The van der Waals surface area contributed by atoms with Gasteiger partial charge in [0.2, 0.25) is 5.91 Å². The van der Waals surface area contributed by atoms with Crippen LogP contribution in [0.15, 0.2) is 35.1 Å². The van der Waals surface area contributed by atoms with E-state index in [2.05, 4.69) is 20.4 Å². The number of aromatic hydroxyl groups is 1. The van der Waals surface area contributed by atoms with Gasteiger partial charge in [0.1, 0.15) is 5.75 Å². The fourth-order valence-electron chi connectivity index (χ4n) is 4.43. The maximum atomic E-state index is 14.1. The fourth-order valence-corrected chi connectivity index (χ4v) is 4.43. The zero-order valence-corrected chi connectivity index (χ0v) is 24.7. The predicted molar refractivity (Wildman–Crippen MR) is 152 cm³/mol. The number of nitrogens with one attached hydrogen (secondary N) is 2. The van der Waals surface area contributed by atoms with Gasteiger partial charge in [-0.3, -0.25) is 9.59 Å². The van der Waals surface area contributed by atoms with Crippen molar-refractivity contribution >= 4 is 11.8 Å². The van der Waals surface area contributed by atoms with Crippen molar-refractivity contribution in [3.8, 4) is 22.8 Å². The summed E-state index contributed by atoms with van der Waals surface area (Å²) in [4.78, 5) is 29.0. The number of methoxy groups -OCH3 is 1. The van der Waals surface area contributed by atoms with Crippen molar-refractivity contribution in [2.24, 2.45) is 0 Å². The molecule has 3 N–H and O–H groups in total. The number of halogens is 2. The number of hydrogen-bond acceptors (Lipinski definition) is 6. The number of ether oxygens (including phenoxy) is 1. The Kier molecular flexibility index (Phi) is 9.78. The lowest BCUT2D eigenvalue weighted by atomic mass is 9.78. The SMILES string of the molecule is COc1c(F)cc(-c2ocnc2C(=O)NCCCNC(=O)CCc2cc(C(C)(C)C)c(O)c(C(C)(C)C)c2)cc1F. The van der Waals surface area contributed by atoms with Crippen LogP contribution in [0.2, 0.25) is 0 Å². The molecule has 41 heavy (non-hydrogen) atoms. The van der Waals surface area contributed by atoms with Crippen LogP contribution in [0.25, 0.3) is 11.3 Å². The van der Waals surface area contributed by atoms with Gasteiger partial charge in [-0.05, 0) is 52.5 Å². The van der Waals surface area contributed by atoms with Crippen LogP contribution in [0.5, 0.6) is 11.5 Å². The summed E-state index contributed by atoms with van der Waals surface area (Å²) in [6.07, 6.45) is 2.28. The van der Waals surface area contributed by atoms with Gasteiger partial charge in [0, 0.05) is 25.1 Å². The van der Waals surface area contributed by atoms with Gasteiger partial charge in [0.05, 0.1) is 7.11 Å². The Labute approximate surface area is 239 Å². The maximum absolute atomic E-state index is 14.1. The van der Waals surface area contributed by atoms with Crippen LogP contribution in [0, 0.1) is 11.6 Å². The lowest BCUT2D eigenvalue weighted by Crippen LogP contribution is -2.30. The summed E-state index contributed by atoms with van der Waals surface area (Å²) in [6.45, 7) is 12.9. The largest absolute Gasteiger partial charge is 0.507 e. The minimum absolute atomic E-state index is 0.00795. The van der Waals surface area contributed by atoms with Crippen molar-refractivity contribution in [3.63, 3.8) is 0 Å². The van der Waals surface area contributed by atoms with E-state index in [-0.39, 0.29) is 46.7 Å². The van der Waals surface area contributed by atoms with Gasteiger partial charge in [-0.15, -0.1) is 0 Å². The highest BCUT2D eigenvalue weighted by Gasteiger charge is 2.27. The first-order valence-corrected chi connectivity index (χ1v) is 13.5. The van der Waals surface area contributed by atoms with Gasteiger partial charge in [-0.2, -0.15) is 0 Å². The third kappa shape index (κ3) is 7.83. The van der Waals surface area contributed by atoms with E-state index in [1.165, 1.54) is 0 Å². The lowest BCUT2D eigenvalue weighted by molar-refractivity contribution is -0.121. The molecule has 1 aromatic heterocycles. The average Bonchev–Trinajstić information content (AvgIpc) is 3.36. The second kappa shape index (κ2) is 12.7. The van der Waals surface area contributed by atoms with Gasteiger partial charge in [-0.1, -0.05) is 53.7 Å². The molecule has 0 saturated carbocycles. The Bertz CT molecular complexity index is 1350. The molecule has 222 valence electrons. The number of amides is 2. The molecule has 0 atom stereocenters. The van der Waals surface area contributed by atoms with Crippen LogP contribution in [0.3, 0.4) is 0 Å². The van der Waals surface area contributed by atoms with Crippen LogP contribution >= 0.6 is 0 Å². The summed E-state index contributed by atoms with van der Waals surface area (Å²) < 4.78 is 38.1. The van der Waals surface area contributed by atoms with E-state index in [9.17, 15) is 23.5 Å². The molecule has 3 rings (SSSR count).